The summed E-state index contributed by atoms with van der Waals surface area (Å²) in [5, 5.41) is 1.75. The molecule has 0 radical (unpaired) electrons. The molecule has 0 bridgehead atoms. The number of rotatable bonds is 7. The van der Waals surface area contributed by atoms with Gasteiger partial charge in [-0.05, 0) is 72.2 Å². The molecule has 0 atom stereocenters. The Balaban J connectivity index is 1.16. The molecule has 1 saturated heterocycles. The van der Waals surface area contributed by atoms with E-state index < -0.39 is 0 Å². The summed E-state index contributed by atoms with van der Waals surface area (Å²) in [5.41, 5.74) is 7.09. The average molecular weight is 555 g/mol. The van der Waals surface area contributed by atoms with Crippen LogP contribution in [0.3, 0.4) is 0 Å². The molecule has 7 heteroatoms. The molecule has 40 heavy (non-hydrogen) atoms. The lowest BCUT2D eigenvalue weighted by Gasteiger charge is -2.39. The van der Waals surface area contributed by atoms with Gasteiger partial charge >= 0.3 is 0 Å². The predicted octanol–water partition coefficient (Wildman–Crippen LogP) is 7.61. The molecule has 4 aromatic rings. The van der Waals surface area contributed by atoms with Gasteiger partial charge in [0.1, 0.15) is 17.1 Å². The smallest absolute Gasteiger partial charge is 0.153 e. The topological polar surface area (TPSA) is 61.5 Å². The van der Waals surface area contributed by atoms with Crippen LogP contribution in [-0.2, 0) is 0 Å². The number of hydrogen-bond acceptors (Lipinski definition) is 5. The van der Waals surface area contributed by atoms with E-state index in [1.165, 1.54) is 17.6 Å². The van der Waals surface area contributed by atoms with Crippen molar-refractivity contribution in [2.45, 2.75) is 33.1 Å². The van der Waals surface area contributed by atoms with Gasteiger partial charge in [-0.15, -0.1) is 0 Å². The molecule has 0 amide bonds. The van der Waals surface area contributed by atoms with Crippen molar-refractivity contribution >= 4 is 40.2 Å². The van der Waals surface area contributed by atoms with Gasteiger partial charge in [0.05, 0.1) is 11.8 Å². The number of nitrogens with one attached hydrogen (secondary N) is 1. The fraction of sp³-hybridized carbons (Fsp3) is 0.333. The lowest BCUT2D eigenvalue weighted by atomic mass is 9.73. The molecule has 2 aromatic carbocycles. The number of anilines is 1. The third-order valence-corrected chi connectivity index (χ3v) is 8.49. The van der Waals surface area contributed by atoms with Crippen LogP contribution in [0.25, 0.3) is 16.6 Å². The molecule has 2 aliphatic rings. The predicted molar refractivity (Wildman–Crippen MR) is 163 cm³/mol. The average Bonchev–Trinajstić information content (AvgIpc) is 3.42. The van der Waals surface area contributed by atoms with Gasteiger partial charge in [0, 0.05) is 61.1 Å². The summed E-state index contributed by atoms with van der Waals surface area (Å²) in [6.07, 6.45) is 7.82. The monoisotopic (exact) mass is 554 g/mol. The normalized spacial score (nSPS) is 17.8. The maximum absolute atomic E-state index is 11.8. The first-order chi connectivity index (χ1) is 19.4. The molecule has 1 fully saturated rings. The molecule has 3 heterocycles. The van der Waals surface area contributed by atoms with Crippen molar-refractivity contribution < 1.29 is 9.53 Å². The molecule has 0 saturated carbocycles. The van der Waals surface area contributed by atoms with E-state index in [1.54, 1.807) is 11.8 Å². The number of benzene rings is 2. The van der Waals surface area contributed by atoms with Gasteiger partial charge in [-0.2, -0.15) is 0 Å². The van der Waals surface area contributed by atoms with Crippen molar-refractivity contribution in [3.8, 4) is 11.5 Å². The van der Waals surface area contributed by atoms with Crippen molar-refractivity contribution in [3.63, 3.8) is 0 Å². The molecule has 6 nitrogen and oxygen atoms in total. The highest BCUT2D eigenvalue weighted by atomic mass is 35.5. The van der Waals surface area contributed by atoms with Crippen molar-refractivity contribution in [2.75, 3.05) is 37.6 Å². The highest BCUT2D eigenvalue weighted by Gasteiger charge is 2.29. The van der Waals surface area contributed by atoms with Gasteiger partial charge in [-0.3, -0.25) is 9.69 Å². The van der Waals surface area contributed by atoms with Gasteiger partial charge < -0.3 is 14.6 Å². The van der Waals surface area contributed by atoms with Crippen molar-refractivity contribution in [2.24, 2.45) is 5.41 Å². The summed E-state index contributed by atoms with van der Waals surface area (Å²) in [6, 6.07) is 18.1. The first-order valence-corrected chi connectivity index (χ1v) is 14.4. The summed E-state index contributed by atoms with van der Waals surface area (Å²) in [6.45, 7) is 9.59. The maximum Gasteiger partial charge on any atom is 0.153 e. The van der Waals surface area contributed by atoms with Crippen LogP contribution in [0, 0.1) is 5.41 Å². The van der Waals surface area contributed by atoms with Crippen molar-refractivity contribution in [1.82, 2.24) is 14.9 Å². The number of pyridine rings is 1. The van der Waals surface area contributed by atoms with E-state index in [0.29, 0.717) is 22.5 Å². The van der Waals surface area contributed by atoms with Gasteiger partial charge in [-0.1, -0.05) is 43.2 Å². The number of halogens is 1. The Hall–Kier alpha value is -3.61. The molecule has 1 aliphatic carbocycles. The van der Waals surface area contributed by atoms with Crippen LogP contribution in [0.5, 0.6) is 11.5 Å². The standard InChI is InChI=1S/C33H35ClN4O2/c1-33(2)11-9-30(23-3-6-27(34)7-4-23)26(19-33)21-37-13-15-38(16-14-37)28-8-5-25(22-39)31(18-28)40-29-17-24-10-12-35-32(24)36-20-29/h3-8,10,12,17-18,20,22H,9,11,13-16,19,21H2,1-2H3,(H,35,36). The highest BCUT2D eigenvalue weighted by Crippen LogP contribution is 2.43. The number of carbonyl (C=O) groups excluding carboxylic acids is 1. The van der Waals surface area contributed by atoms with E-state index >= 15 is 0 Å². The Morgan fingerprint density at radius 3 is 2.62 bits per heavy atom. The molecule has 206 valence electrons. The second-order valence-corrected chi connectivity index (χ2v) is 12.2. The second kappa shape index (κ2) is 11.1. The lowest BCUT2D eigenvalue weighted by molar-refractivity contribution is 0.112. The maximum atomic E-state index is 11.8. The number of H-pyrrole nitrogens is 1. The number of carbonyl (C=O) groups is 1. The van der Waals surface area contributed by atoms with E-state index in [9.17, 15) is 4.79 Å². The van der Waals surface area contributed by atoms with Gasteiger partial charge in [0.25, 0.3) is 0 Å². The molecule has 6 rings (SSSR count). The summed E-state index contributed by atoms with van der Waals surface area (Å²) >= 11 is 6.18. The Bertz CT molecular complexity index is 1550. The Kier molecular flexibility index (Phi) is 7.39. The van der Waals surface area contributed by atoms with Crippen LogP contribution >= 0.6 is 11.6 Å². The first-order valence-electron chi connectivity index (χ1n) is 14.0. The van der Waals surface area contributed by atoms with E-state index in [1.807, 2.05) is 48.7 Å². The summed E-state index contributed by atoms with van der Waals surface area (Å²) < 4.78 is 6.15. The highest BCUT2D eigenvalue weighted by molar-refractivity contribution is 6.30. The van der Waals surface area contributed by atoms with Crippen LogP contribution in [0.2, 0.25) is 5.02 Å². The van der Waals surface area contributed by atoms with Crippen LogP contribution in [0.15, 0.2) is 72.6 Å². The fourth-order valence-electron chi connectivity index (χ4n) is 6.01. The van der Waals surface area contributed by atoms with E-state index in [-0.39, 0.29) is 0 Å². The van der Waals surface area contributed by atoms with Gasteiger partial charge in [-0.25, -0.2) is 4.98 Å². The quantitative estimate of drug-likeness (QED) is 0.238. The fourth-order valence-corrected chi connectivity index (χ4v) is 6.13. The number of aromatic amines is 1. The number of aldehydes is 1. The summed E-state index contributed by atoms with van der Waals surface area (Å²) in [5.74, 6) is 1.16. The first kappa shape index (κ1) is 26.6. The summed E-state index contributed by atoms with van der Waals surface area (Å²) in [7, 11) is 0. The lowest BCUT2D eigenvalue weighted by Crippen LogP contribution is -2.47. The van der Waals surface area contributed by atoms with Crippen LogP contribution in [-0.4, -0.2) is 53.9 Å². The number of fused-ring (bicyclic) bond motifs is 1. The van der Waals surface area contributed by atoms with Crippen LogP contribution < -0.4 is 9.64 Å². The van der Waals surface area contributed by atoms with Crippen LogP contribution in [0.4, 0.5) is 5.69 Å². The van der Waals surface area contributed by atoms with Gasteiger partial charge in [0.2, 0.25) is 0 Å². The van der Waals surface area contributed by atoms with E-state index in [2.05, 4.69) is 45.7 Å². The molecule has 2 aromatic heterocycles. The Morgan fingerprint density at radius 2 is 1.85 bits per heavy atom. The minimum Gasteiger partial charge on any atom is -0.455 e. The van der Waals surface area contributed by atoms with Gasteiger partial charge in [0.15, 0.2) is 6.29 Å². The molecule has 0 unspecified atom stereocenters. The number of allylic oxidation sites excluding steroid dienone is 1. The minimum absolute atomic E-state index is 0.324. The minimum atomic E-state index is 0.324. The van der Waals surface area contributed by atoms with Crippen molar-refractivity contribution in [1.29, 1.82) is 0 Å². The SMILES string of the molecule is CC1(C)CCC(c2ccc(Cl)cc2)=C(CN2CCN(c3ccc(C=O)c(Oc4cnc5[nH]ccc5c4)c3)CC2)C1. The van der Waals surface area contributed by atoms with Crippen LogP contribution in [0.1, 0.15) is 49.0 Å². The number of hydrogen-bond donors (Lipinski definition) is 1. The number of nitrogens with zero attached hydrogens (tertiary/aromatic N) is 3. The molecule has 1 N–H and O–H groups in total. The third kappa shape index (κ3) is 5.79. The number of piperazine rings is 1. The number of ether oxygens (including phenoxy) is 1. The zero-order valence-corrected chi connectivity index (χ0v) is 23.9. The molecular formula is C33H35ClN4O2. The molecule has 0 spiro atoms. The largest absolute Gasteiger partial charge is 0.455 e. The van der Waals surface area contributed by atoms with E-state index in [0.717, 1.165) is 73.6 Å². The third-order valence-electron chi connectivity index (χ3n) is 8.24. The second-order valence-electron chi connectivity index (χ2n) is 11.7. The molecular weight excluding hydrogens is 520 g/mol. The Labute approximate surface area is 240 Å². The Morgan fingerprint density at radius 1 is 1.05 bits per heavy atom. The van der Waals surface area contributed by atoms with E-state index in [4.69, 9.17) is 16.3 Å². The van der Waals surface area contributed by atoms with Crippen molar-refractivity contribution in [3.05, 3.63) is 88.7 Å². The zero-order valence-electron chi connectivity index (χ0n) is 23.1. The molecule has 1 aliphatic heterocycles. The zero-order chi connectivity index (χ0) is 27.7. The number of aromatic nitrogens is 2. The summed E-state index contributed by atoms with van der Waals surface area (Å²) in [4.78, 5) is 24.2.